The van der Waals surface area contributed by atoms with Gasteiger partial charge < -0.3 is 15.4 Å². The lowest BCUT2D eigenvalue weighted by Gasteiger charge is -2.55. The van der Waals surface area contributed by atoms with Crippen molar-refractivity contribution in [3.05, 3.63) is 12.2 Å². The molecule has 3 atom stereocenters. The van der Waals surface area contributed by atoms with Crippen molar-refractivity contribution in [3.63, 3.8) is 0 Å². The zero-order chi connectivity index (χ0) is 17.3. The minimum Gasteiger partial charge on any atom is -0.377 e. The first-order valence-electron chi connectivity index (χ1n) is 9.40. The van der Waals surface area contributed by atoms with Gasteiger partial charge in [-0.25, -0.2) is 0 Å². The van der Waals surface area contributed by atoms with Crippen LogP contribution in [0, 0.1) is 11.3 Å². The van der Waals surface area contributed by atoms with Crippen LogP contribution < -0.4 is 10.6 Å². The van der Waals surface area contributed by atoms with E-state index in [-0.39, 0.29) is 5.41 Å². The lowest BCUT2D eigenvalue weighted by molar-refractivity contribution is -0.106. The van der Waals surface area contributed by atoms with Gasteiger partial charge in [-0.15, -0.1) is 0 Å². The quantitative estimate of drug-likeness (QED) is 0.469. The number of likely N-dealkylation sites (tertiary alicyclic amines) is 1. The molecule has 0 aromatic rings. The molecule has 0 bridgehead atoms. The fourth-order valence-electron chi connectivity index (χ4n) is 4.75. The molecular weight excluding hydrogens is 300 g/mol. The Kier molecular flexibility index (Phi) is 5.21. The predicted molar refractivity (Wildman–Crippen MR) is 99.3 cm³/mol. The van der Waals surface area contributed by atoms with E-state index in [0.717, 1.165) is 45.0 Å². The molecule has 2 N–H and O–H groups in total. The minimum atomic E-state index is 0.184. The Labute approximate surface area is 146 Å². The second-order valence-corrected chi connectivity index (χ2v) is 8.41. The molecule has 24 heavy (non-hydrogen) atoms. The summed E-state index contributed by atoms with van der Waals surface area (Å²) in [6.07, 6.45) is 3.91. The number of hydrogen-bond acceptors (Lipinski definition) is 3. The normalized spacial score (nSPS) is 33.7. The highest BCUT2D eigenvalue weighted by atomic mass is 16.5. The van der Waals surface area contributed by atoms with Crippen LogP contribution in [-0.4, -0.2) is 62.3 Å². The SMILES string of the molecule is C=C(C)CN1CCC(NC(=NC)NC2C3CCOC3C2(C)C)CC1. The summed E-state index contributed by atoms with van der Waals surface area (Å²) in [5, 5.41) is 7.33. The molecule has 0 aromatic heterocycles. The van der Waals surface area contributed by atoms with Crippen LogP contribution >= 0.6 is 0 Å². The van der Waals surface area contributed by atoms with Crippen LogP contribution in [-0.2, 0) is 4.74 Å². The van der Waals surface area contributed by atoms with E-state index in [1.165, 1.54) is 12.0 Å². The van der Waals surface area contributed by atoms with Gasteiger partial charge in [0.05, 0.1) is 6.10 Å². The number of ether oxygens (including phenoxy) is 1. The van der Waals surface area contributed by atoms with Crippen molar-refractivity contribution in [1.82, 2.24) is 15.5 Å². The van der Waals surface area contributed by atoms with Crippen molar-refractivity contribution in [1.29, 1.82) is 0 Å². The molecule has 3 rings (SSSR count). The monoisotopic (exact) mass is 334 g/mol. The molecule has 3 aliphatic rings. The largest absolute Gasteiger partial charge is 0.377 e. The number of aliphatic imine (C=N–C) groups is 1. The average Bonchev–Trinajstić information content (AvgIpc) is 2.99. The van der Waals surface area contributed by atoms with Gasteiger partial charge in [0.1, 0.15) is 0 Å². The molecule has 0 aromatic carbocycles. The fraction of sp³-hybridized carbons (Fsp3) is 0.842. The fourth-order valence-corrected chi connectivity index (χ4v) is 4.75. The number of guanidine groups is 1. The lowest BCUT2D eigenvalue weighted by atomic mass is 9.57. The summed E-state index contributed by atoms with van der Waals surface area (Å²) in [4.78, 5) is 6.97. The van der Waals surface area contributed by atoms with E-state index in [0.29, 0.717) is 24.1 Å². The van der Waals surface area contributed by atoms with Gasteiger partial charge in [0.2, 0.25) is 0 Å². The molecule has 5 nitrogen and oxygen atoms in total. The van der Waals surface area contributed by atoms with Crippen molar-refractivity contribution < 1.29 is 4.74 Å². The Balaban J connectivity index is 1.49. The number of hydrogen-bond donors (Lipinski definition) is 2. The van der Waals surface area contributed by atoms with Gasteiger partial charge in [0.25, 0.3) is 0 Å². The standard InChI is InChI=1S/C19H34N4O/c1-13(2)12-23-9-6-14(7-10-23)21-18(20-5)22-16-15-8-11-24-17(15)19(16,3)4/h14-17H,1,6-12H2,2-5H3,(H2,20,21,22). The molecule has 5 heteroatoms. The molecule has 136 valence electrons. The van der Waals surface area contributed by atoms with Crippen LogP contribution in [0.3, 0.4) is 0 Å². The number of nitrogens with zero attached hydrogens (tertiary/aromatic N) is 2. The number of nitrogens with one attached hydrogen (secondary N) is 2. The van der Waals surface area contributed by atoms with Gasteiger partial charge in [-0.2, -0.15) is 0 Å². The molecule has 0 radical (unpaired) electrons. The van der Waals surface area contributed by atoms with Crippen LogP contribution in [0.1, 0.15) is 40.0 Å². The van der Waals surface area contributed by atoms with Crippen LogP contribution in [0.25, 0.3) is 0 Å². The topological polar surface area (TPSA) is 48.9 Å². The van der Waals surface area contributed by atoms with E-state index in [1.54, 1.807) is 0 Å². The van der Waals surface area contributed by atoms with Crippen molar-refractivity contribution in [3.8, 4) is 0 Å². The maximum Gasteiger partial charge on any atom is 0.191 e. The first-order valence-corrected chi connectivity index (χ1v) is 9.40. The summed E-state index contributed by atoms with van der Waals surface area (Å²) < 4.78 is 5.89. The Morgan fingerprint density at radius 1 is 1.25 bits per heavy atom. The molecule has 2 heterocycles. The zero-order valence-electron chi connectivity index (χ0n) is 15.8. The van der Waals surface area contributed by atoms with Gasteiger partial charge in [0, 0.05) is 56.7 Å². The van der Waals surface area contributed by atoms with Gasteiger partial charge in [-0.05, 0) is 26.2 Å². The summed E-state index contributed by atoms with van der Waals surface area (Å²) in [7, 11) is 1.87. The molecule has 1 saturated carbocycles. The predicted octanol–water partition coefficient (Wildman–Crippen LogP) is 2.01. The first-order chi connectivity index (χ1) is 11.4. The summed E-state index contributed by atoms with van der Waals surface area (Å²) in [5.41, 5.74) is 1.43. The van der Waals surface area contributed by atoms with Crippen molar-refractivity contribution in [2.45, 2.75) is 58.2 Å². The average molecular weight is 335 g/mol. The van der Waals surface area contributed by atoms with Gasteiger partial charge in [-0.3, -0.25) is 9.89 Å². The lowest BCUT2D eigenvalue weighted by Crippen LogP contribution is -2.68. The highest BCUT2D eigenvalue weighted by Crippen LogP contribution is 2.52. The molecule has 2 saturated heterocycles. The number of fused-ring (bicyclic) bond motifs is 1. The summed E-state index contributed by atoms with van der Waals surface area (Å²) in [6.45, 7) is 14.9. The summed E-state index contributed by atoms with van der Waals surface area (Å²) in [5.74, 6) is 1.59. The highest BCUT2D eigenvalue weighted by molar-refractivity contribution is 5.80. The van der Waals surface area contributed by atoms with E-state index in [9.17, 15) is 0 Å². The Hall–Kier alpha value is -1.07. The Bertz CT molecular complexity index is 494. The van der Waals surface area contributed by atoms with Crippen molar-refractivity contribution >= 4 is 5.96 Å². The molecule has 0 amide bonds. The van der Waals surface area contributed by atoms with Crippen LogP contribution in [0.4, 0.5) is 0 Å². The van der Waals surface area contributed by atoms with E-state index < -0.39 is 0 Å². The van der Waals surface area contributed by atoms with Gasteiger partial charge in [0.15, 0.2) is 5.96 Å². The van der Waals surface area contributed by atoms with E-state index in [1.807, 2.05) is 7.05 Å². The molecule has 1 aliphatic carbocycles. The van der Waals surface area contributed by atoms with Gasteiger partial charge >= 0.3 is 0 Å². The summed E-state index contributed by atoms with van der Waals surface area (Å²) >= 11 is 0. The Morgan fingerprint density at radius 2 is 1.96 bits per heavy atom. The van der Waals surface area contributed by atoms with Gasteiger partial charge in [-0.1, -0.05) is 26.0 Å². The first kappa shape index (κ1) is 17.7. The molecular formula is C19H34N4O. The second-order valence-electron chi connectivity index (χ2n) is 8.41. The third-order valence-electron chi connectivity index (χ3n) is 6.04. The maximum atomic E-state index is 5.89. The summed E-state index contributed by atoms with van der Waals surface area (Å²) in [6, 6.07) is 0.969. The number of piperidine rings is 1. The van der Waals surface area contributed by atoms with Crippen LogP contribution in [0.15, 0.2) is 17.1 Å². The third-order valence-corrected chi connectivity index (χ3v) is 6.04. The second kappa shape index (κ2) is 7.04. The molecule has 3 fully saturated rings. The van der Waals surface area contributed by atoms with E-state index >= 15 is 0 Å². The molecule has 0 spiro atoms. The van der Waals surface area contributed by atoms with Crippen molar-refractivity contribution in [2.24, 2.45) is 16.3 Å². The zero-order valence-corrected chi connectivity index (χ0v) is 15.8. The van der Waals surface area contributed by atoms with Crippen LogP contribution in [0.5, 0.6) is 0 Å². The third kappa shape index (κ3) is 3.47. The maximum absolute atomic E-state index is 5.89. The molecule has 2 aliphatic heterocycles. The highest BCUT2D eigenvalue weighted by Gasteiger charge is 2.59. The molecule has 3 unspecified atom stereocenters. The van der Waals surface area contributed by atoms with Crippen LogP contribution in [0.2, 0.25) is 0 Å². The van der Waals surface area contributed by atoms with E-state index in [4.69, 9.17) is 4.74 Å². The van der Waals surface area contributed by atoms with E-state index in [2.05, 4.69) is 47.9 Å². The van der Waals surface area contributed by atoms with Crippen molar-refractivity contribution in [2.75, 3.05) is 33.3 Å². The minimum absolute atomic E-state index is 0.184. The smallest absolute Gasteiger partial charge is 0.191 e. The number of rotatable bonds is 4. The Morgan fingerprint density at radius 3 is 2.58 bits per heavy atom.